The Morgan fingerprint density at radius 3 is 2.56 bits per heavy atom. The summed E-state index contributed by atoms with van der Waals surface area (Å²) in [4.78, 5) is 0. The highest BCUT2D eigenvalue weighted by atomic mass is 16.3. The van der Waals surface area contributed by atoms with E-state index in [9.17, 15) is 5.11 Å². The van der Waals surface area contributed by atoms with Crippen molar-refractivity contribution in [3.05, 3.63) is 47.5 Å². The van der Waals surface area contributed by atoms with E-state index in [-0.39, 0.29) is 6.10 Å². The minimum absolute atomic E-state index is 0.293. The van der Waals surface area contributed by atoms with Crippen LogP contribution in [0.2, 0.25) is 0 Å². The lowest BCUT2D eigenvalue weighted by Gasteiger charge is -2.22. The van der Waals surface area contributed by atoms with E-state index in [4.69, 9.17) is 0 Å². The Bertz CT molecular complexity index is 553. The zero-order chi connectivity index (χ0) is 12.5. The molecule has 1 fully saturated rings. The molecule has 0 heterocycles. The molecule has 1 saturated carbocycles. The van der Waals surface area contributed by atoms with Gasteiger partial charge in [-0.05, 0) is 47.6 Å². The third-order valence-corrected chi connectivity index (χ3v) is 4.33. The molecule has 1 nitrogen and oxygen atoms in total. The first kappa shape index (κ1) is 11.7. The summed E-state index contributed by atoms with van der Waals surface area (Å²) in [6.07, 6.45) is 4.59. The van der Waals surface area contributed by atoms with Gasteiger partial charge in [-0.3, -0.25) is 0 Å². The van der Waals surface area contributed by atoms with Crippen LogP contribution in [0.5, 0.6) is 0 Å². The summed E-state index contributed by atoms with van der Waals surface area (Å²) < 4.78 is 0. The van der Waals surface area contributed by atoms with E-state index in [1.165, 1.54) is 42.0 Å². The molecular weight excluding hydrogens is 220 g/mol. The fourth-order valence-electron chi connectivity index (χ4n) is 3.31. The molecular formula is C17H20O. The number of aliphatic hydroxyl groups is 1. The fraction of sp³-hybridized carbons (Fsp3) is 0.412. The van der Waals surface area contributed by atoms with Crippen LogP contribution in [-0.4, -0.2) is 5.11 Å². The minimum atomic E-state index is -0.293. The van der Waals surface area contributed by atoms with Crippen molar-refractivity contribution >= 4 is 10.8 Å². The maximum Gasteiger partial charge on any atom is 0.0826 e. The van der Waals surface area contributed by atoms with Crippen molar-refractivity contribution in [2.45, 2.75) is 38.7 Å². The van der Waals surface area contributed by atoms with Gasteiger partial charge in [-0.25, -0.2) is 0 Å². The van der Waals surface area contributed by atoms with E-state index in [0.29, 0.717) is 5.92 Å². The van der Waals surface area contributed by atoms with Gasteiger partial charge in [-0.2, -0.15) is 0 Å². The van der Waals surface area contributed by atoms with Crippen LogP contribution in [0.25, 0.3) is 10.8 Å². The average molecular weight is 240 g/mol. The van der Waals surface area contributed by atoms with Crippen LogP contribution in [0.1, 0.15) is 42.9 Å². The van der Waals surface area contributed by atoms with Gasteiger partial charge in [0.25, 0.3) is 0 Å². The summed E-state index contributed by atoms with van der Waals surface area (Å²) in [6, 6.07) is 12.7. The summed E-state index contributed by atoms with van der Waals surface area (Å²) in [5.74, 6) is 0.453. The molecule has 1 heteroatoms. The Morgan fingerprint density at radius 2 is 1.78 bits per heavy atom. The SMILES string of the molecule is Cc1ccc2ccccc2c1C(O)C1CCCC1. The number of aliphatic hydroxyl groups excluding tert-OH is 1. The lowest BCUT2D eigenvalue weighted by atomic mass is 9.88. The summed E-state index contributed by atoms with van der Waals surface area (Å²) in [6.45, 7) is 2.11. The van der Waals surface area contributed by atoms with Gasteiger partial charge in [-0.1, -0.05) is 49.2 Å². The minimum Gasteiger partial charge on any atom is -0.388 e. The van der Waals surface area contributed by atoms with Gasteiger partial charge in [0, 0.05) is 0 Å². The first-order valence-electron chi connectivity index (χ1n) is 6.93. The number of fused-ring (bicyclic) bond motifs is 1. The van der Waals surface area contributed by atoms with Crippen molar-refractivity contribution in [2.24, 2.45) is 5.92 Å². The summed E-state index contributed by atoms with van der Waals surface area (Å²) in [5.41, 5.74) is 2.37. The lowest BCUT2D eigenvalue weighted by molar-refractivity contribution is 0.112. The Balaban J connectivity index is 2.11. The van der Waals surface area contributed by atoms with Crippen LogP contribution in [0.4, 0.5) is 0 Å². The van der Waals surface area contributed by atoms with Gasteiger partial charge in [0.05, 0.1) is 6.10 Å². The van der Waals surface area contributed by atoms with E-state index >= 15 is 0 Å². The molecule has 1 aliphatic rings. The van der Waals surface area contributed by atoms with Gasteiger partial charge < -0.3 is 5.11 Å². The van der Waals surface area contributed by atoms with Gasteiger partial charge in [0.2, 0.25) is 0 Å². The number of aryl methyl sites for hydroxylation is 1. The maximum atomic E-state index is 10.7. The van der Waals surface area contributed by atoms with Crippen LogP contribution in [0.15, 0.2) is 36.4 Å². The topological polar surface area (TPSA) is 20.2 Å². The van der Waals surface area contributed by atoms with Gasteiger partial charge in [0.15, 0.2) is 0 Å². The molecule has 2 aromatic carbocycles. The number of hydrogen-bond acceptors (Lipinski definition) is 1. The fourth-order valence-corrected chi connectivity index (χ4v) is 3.31. The molecule has 2 aromatic rings. The monoisotopic (exact) mass is 240 g/mol. The van der Waals surface area contributed by atoms with E-state index < -0.39 is 0 Å². The number of benzene rings is 2. The van der Waals surface area contributed by atoms with Gasteiger partial charge >= 0.3 is 0 Å². The molecule has 0 aliphatic heterocycles. The molecule has 0 aromatic heterocycles. The van der Waals surface area contributed by atoms with E-state index in [0.717, 1.165) is 5.56 Å². The Kier molecular flexibility index (Phi) is 3.09. The lowest BCUT2D eigenvalue weighted by Crippen LogP contribution is -2.11. The molecule has 1 aliphatic carbocycles. The smallest absolute Gasteiger partial charge is 0.0826 e. The predicted octanol–water partition coefficient (Wildman–Crippen LogP) is 4.37. The molecule has 1 unspecified atom stereocenters. The molecule has 0 saturated heterocycles. The van der Waals surface area contributed by atoms with Crippen molar-refractivity contribution in [3.8, 4) is 0 Å². The Labute approximate surface area is 108 Å². The van der Waals surface area contributed by atoms with E-state index in [1.54, 1.807) is 0 Å². The molecule has 0 spiro atoms. The van der Waals surface area contributed by atoms with Crippen molar-refractivity contribution in [1.29, 1.82) is 0 Å². The summed E-state index contributed by atoms with van der Waals surface area (Å²) in [5, 5.41) is 13.2. The second-order valence-electron chi connectivity index (χ2n) is 5.51. The molecule has 0 radical (unpaired) electrons. The van der Waals surface area contributed by atoms with Crippen molar-refractivity contribution in [3.63, 3.8) is 0 Å². The molecule has 0 amide bonds. The molecule has 18 heavy (non-hydrogen) atoms. The van der Waals surface area contributed by atoms with Crippen LogP contribution in [0, 0.1) is 12.8 Å². The highest BCUT2D eigenvalue weighted by Crippen LogP contribution is 2.39. The average Bonchev–Trinajstić information content (AvgIpc) is 2.92. The van der Waals surface area contributed by atoms with E-state index in [2.05, 4.69) is 43.3 Å². The largest absolute Gasteiger partial charge is 0.388 e. The van der Waals surface area contributed by atoms with Crippen LogP contribution in [0.3, 0.4) is 0 Å². The Morgan fingerprint density at radius 1 is 1.06 bits per heavy atom. The van der Waals surface area contributed by atoms with Crippen molar-refractivity contribution in [2.75, 3.05) is 0 Å². The van der Waals surface area contributed by atoms with Gasteiger partial charge in [-0.15, -0.1) is 0 Å². The molecule has 1 atom stereocenters. The standard InChI is InChI=1S/C17H20O/c1-12-10-11-13-6-4-5-9-15(13)16(12)17(18)14-7-2-3-8-14/h4-6,9-11,14,17-18H,2-3,7-8H2,1H3. The molecule has 94 valence electrons. The molecule has 3 rings (SSSR count). The number of hydrogen-bond donors (Lipinski definition) is 1. The second kappa shape index (κ2) is 4.74. The first-order chi connectivity index (χ1) is 8.77. The zero-order valence-corrected chi connectivity index (χ0v) is 10.9. The van der Waals surface area contributed by atoms with E-state index in [1.807, 2.05) is 0 Å². The molecule has 0 bridgehead atoms. The third-order valence-electron chi connectivity index (χ3n) is 4.33. The quantitative estimate of drug-likeness (QED) is 0.826. The predicted molar refractivity (Wildman–Crippen MR) is 75.6 cm³/mol. The highest BCUT2D eigenvalue weighted by molar-refractivity contribution is 5.87. The second-order valence-corrected chi connectivity index (χ2v) is 5.51. The van der Waals surface area contributed by atoms with Crippen molar-refractivity contribution < 1.29 is 5.11 Å². The summed E-state index contributed by atoms with van der Waals surface area (Å²) in [7, 11) is 0. The normalized spacial score (nSPS) is 18.3. The molecule has 1 N–H and O–H groups in total. The third kappa shape index (κ3) is 1.93. The van der Waals surface area contributed by atoms with Crippen LogP contribution < -0.4 is 0 Å². The summed E-state index contributed by atoms with van der Waals surface area (Å²) >= 11 is 0. The van der Waals surface area contributed by atoms with Crippen molar-refractivity contribution in [1.82, 2.24) is 0 Å². The Hall–Kier alpha value is -1.34. The first-order valence-corrected chi connectivity index (χ1v) is 6.93. The highest BCUT2D eigenvalue weighted by Gasteiger charge is 2.26. The number of rotatable bonds is 2. The zero-order valence-electron chi connectivity index (χ0n) is 10.9. The maximum absolute atomic E-state index is 10.7. The van der Waals surface area contributed by atoms with Gasteiger partial charge in [0.1, 0.15) is 0 Å². The van der Waals surface area contributed by atoms with Crippen LogP contribution in [-0.2, 0) is 0 Å². The van der Waals surface area contributed by atoms with Crippen LogP contribution >= 0.6 is 0 Å².